The number of aromatic amines is 1. The number of hydrogen-bond acceptors (Lipinski definition) is 12. The SMILES string of the molecule is CC#CC1(Cl)C(CO)[C@@H]([C@H](C)OP(=O)(O)OP(=O)(O)OP(=O)(O)O)O[C@H]1n1cnc2c(=S)[nH]c(N)nc21. The molecule has 0 aliphatic carbocycles. The zero-order valence-corrected chi connectivity index (χ0v) is 23.0. The first-order chi connectivity index (χ1) is 16.9. The lowest BCUT2D eigenvalue weighted by Gasteiger charge is -2.29. The fourth-order valence-electron chi connectivity index (χ4n) is 3.74. The summed E-state index contributed by atoms with van der Waals surface area (Å²) >= 11 is 12.0. The molecule has 22 heteroatoms. The maximum Gasteiger partial charge on any atom is 0.490 e. The number of aromatic nitrogens is 4. The molecule has 37 heavy (non-hydrogen) atoms. The number of nitrogens with one attached hydrogen (secondary N) is 1. The van der Waals surface area contributed by atoms with Crippen LogP contribution in [-0.4, -0.2) is 67.9 Å². The van der Waals surface area contributed by atoms with Crippen LogP contribution in [0.3, 0.4) is 0 Å². The number of phosphoric acid groups is 3. The molecule has 2 aromatic rings. The summed E-state index contributed by atoms with van der Waals surface area (Å²) in [4.78, 5) is 45.9. The Balaban J connectivity index is 1.97. The van der Waals surface area contributed by atoms with Gasteiger partial charge in [-0.1, -0.05) is 29.7 Å². The van der Waals surface area contributed by atoms with E-state index in [1.807, 2.05) is 0 Å². The fourth-order valence-corrected chi connectivity index (χ4v) is 7.63. The Bertz CT molecular complexity index is 1450. The smallest absolute Gasteiger partial charge is 0.396 e. The Kier molecular flexibility index (Phi) is 8.78. The van der Waals surface area contributed by atoms with E-state index < -0.39 is 59.3 Å². The van der Waals surface area contributed by atoms with Gasteiger partial charge in [-0.15, -0.1) is 5.92 Å². The van der Waals surface area contributed by atoms with Crippen molar-refractivity contribution >= 4 is 64.4 Å². The summed E-state index contributed by atoms with van der Waals surface area (Å²) in [5, 5.41) is 10.2. The number of nitrogen functional groups attached to an aromatic ring is 1. The molecule has 1 aliphatic rings. The Morgan fingerprint density at radius 2 is 1.97 bits per heavy atom. The number of imidazole rings is 1. The molecule has 2 aromatic heterocycles. The third-order valence-electron chi connectivity index (χ3n) is 4.98. The Hall–Kier alpha value is -1.25. The number of nitrogens with two attached hydrogens (primary N) is 1. The van der Waals surface area contributed by atoms with Gasteiger partial charge in [0.1, 0.15) is 10.2 Å². The fraction of sp³-hybridized carbons (Fsp3) is 0.533. The molecule has 3 rings (SSSR count). The number of hydrogen-bond donors (Lipinski definition) is 7. The van der Waals surface area contributed by atoms with Gasteiger partial charge in [0.15, 0.2) is 16.7 Å². The number of fused-ring (bicyclic) bond motifs is 1. The molecule has 206 valence electrons. The van der Waals surface area contributed by atoms with E-state index in [-0.39, 0.29) is 21.8 Å². The molecule has 3 heterocycles. The summed E-state index contributed by atoms with van der Waals surface area (Å²) in [6, 6.07) is 0. The van der Waals surface area contributed by atoms with Gasteiger partial charge in [0.05, 0.1) is 25.1 Å². The van der Waals surface area contributed by atoms with Crippen molar-refractivity contribution < 1.29 is 56.3 Å². The Morgan fingerprint density at radius 3 is 2.54 bits per heavy atom. The number of nitrogens with zero attached hydrogens (tertiary/aromatic N) is 3. The number of rotatable bonds is 9. The predicted molar refractivity (Wildman–Crippen MR) is 128 cm³/mol. The standard InChI is InChI=1S/C15H21ClN5O12P3S/c1-3-4-15(16)8(5-22)10(7(2)31-35(26,27)33-36(28,29)32-34(23,24)25)30-13(15)21-6-18-9-11(21)19-14(17)20-12(9)37/h6-8,10,13,22H,5H2,1-2H3,(H,26,27)(H,28,29)(H2,23,24,25)(H3,17,19,20,37)/t7-,8?,10+,13+,15?/m0/s1. The average Bonchev–Trinajstić information content (AvgIpc) is 3.23. The highest BCUT2D eigenvalue weighted by atomic mass is 35.5. The lowest BCUT2D eigenvalue weighted by atomic mass is 9.87. The first-order valence-electron chi connectivity index (χ1n) is 9.86. The molecule has 4 unspecified atom stereocenters. The van der Waals surface area contributed by atoms with E-state index in [9.17, 15) is 28.6 Å². The van der Waals surface area contributed by atoms with Crippen molar-refractivity contribution in [2.75, 3.05) is 12.3 Å². The number of aliphatic hydroxyl groups is 1. The van der Waals surface area contributed by atoms with E-state index >= 15 is 0 Å². The van der Waals surface area contributed by atoms with E-state index in [0.29, 0.717) is 0 Å². The maximum atomic E-state index is 12.3. The normalized spacial score (nSPS) is 28.3. The van der Waals surface area contributed by atoms with E-state index in [1.165, 1.54) is 24.7 Å². The molecule has 17 nitrogen and oxygen atoms in total. The molecular weight excluding hydrogens is 603 g/mol. The zero-order valence-electron chi connectivity index (χ0n) is 18.7. The van der Waals surface area contributed by atoms with Crippen LogP contribution >= 0.6 is 47.3 Å². The van der Waals surface area contributed by atoms with Gasteiger partial charge in [-0.25, -0.2) is 18.7 Å². The van der Waals surface area contributed by atoms with Crippen molar-refractivity contribution in [2.24, 2.45) is 5.92 Å². The molecule has 8 N–H and O–H groups in total. The van der Waals surface area contributed by atoms with Crippen LogP contribution < -0.4 is 5.73 Å². The van der Waals surface area contributed by atoms with Crippen LogP contribution in [0.15, 0.2) is 6.33 Å². The second-order valence-electron chi connectivity index (χ2n) is 7.56. The van der Waals surface area contributed by atoms with Crippen molar-refractivity contribution in [3.05, 3.63) is 11.0 Å². The number of halogens is 1. The van der Waals surface area contributed by atoms with Crippen molar-refractivity contribution in [1.29, 1.82) is 0 Å². The Morgan fingerprint density at radius 1 is 1.32 bits per heavy atom. The minimum Gasteiger partial charge on any atom is -0.396 e. The molecule has 0 bridgehead atoms. The molecular formula is C15H21ClN5O12P3S. The lowest BCUT2D eigenvalue weighted by molar-refractivity contribution is -0.0641. The van der Waals surface area contributed by atoms with Gasteiger partial charge >= 0.3 is 23.5 Å². The van der Waals surface area contributed by atoms with Gasteiger partial charge in [0.2, 0.25) is 5.95 Å². The van der Waals surface area contributed by atoms with Gasteiger partial charge in [-0.05, 0) is 13.8 Å². The van der Waals surface area contributed by atoms with Crippen LogP contribution in [0, 0.1) is 22.4 Å². The summed E-state index contributed by atoms with van der Waals surface area (Å²) in [5.41, 5.74) is 6.14. The zero-order chi connectivity index (χ0) is 28.0. The van der Waals surface area contributed by atoms with Crippen LogP contribution in [-0.2, 0) is 31.6 Å². The van der Waals surface area contributed by atoms with Gasteiger partial charge in [0.25, 0.3) is 0 Å². The number of phosphoric ester groups is 1. The number of ether oxygens (including phenoxy) is 1. The quantitative estimate of drug-likeness (QED) is 0.0898. The molecule has 0 aromatic carbocycles. The van der Waals surface area contributed by atoms with Crippen molar-refractivity contribution in [3.63, 3.8) is 0 Å². The Labute approximate surface area is 218 Å². The lowest BCUT2D eigenvalue weighted by Crippen LogP contribution is -2.41. The third-order valence-corrected chi connectivity index (χ3v) is 9.76. The molecule has 1 fully saturated rings. The van der Waals surface area contributed by atoms with Crippen LogP contribution in [0.25, 0.3) is 11.2 Å². The van der Waals surface area contributed by atoms with Gasteiger partial charge in [-0.3, -0.25) is 9.09 Å². The summed E-state index contributed by atoms with van der Waals surface area (Å²) in [7, 11) is -16.9. The second kappa shape index (κ2) is 10.7. The molecule has 0 amide bonds. The maximum absolute atomic E-state index is 12.3. The number of aliphatic hydroxyl groups excluding tert-OH is 1. The van der Waals surface area contributed by atoms with Crippen molar-refractivity contribution in [1.82, 2.24) is 19.5 Å². The molecule has 0 saturated carbocycles. The average molecular weight is 624 g/mol. The first-order valence-corrected chi connectivity index (χ1v) is 15.2. The largest absolute Gasteiger partial charge is 0.490 e. The second-order valence-corrected chi connectivity index (χ2v) is 13.0. The van der Waals surface area contributed by atoms with Crippen LogP contribution in [0.5, 0.6) is 0 Å². The van der Waals surface area contributed by atoms with Gasteiger partial charge in [0, 0.05) is 5.92 Å². The van der Waals surface area contributed by atoms with E-state index in [1.54, 1.807) is 0 Å². The van der Waals surface area contributed by atoms with E-state index in [0.717, 1.165) is 0 Å². The van der Waals surface area contributed by atoms with Gasteiger partial charge in [-0.2, -0.15) is 13.6 Å². The minimum atomic E-state index is -5.76. The molecule has 1 saturated heterocycles. The van der Waals surface area contributed by atoms with Crippen LogP contribution in [0.1, 0.15) is 20.1 Å². The highest BCUT2D eigenvalue weighted by molar-refractivity contribution is 7.71. The minimum absolute atomic E-state index is 0.0460. The number of anilines is 1. The van der Waals surface area contributed by atoms with Crippen molar-refractivity contribution in [2.45, 2.75) is 37.2 Å². The first kappa shape index (κ1) is 30.3. The summed E-state index contributed by atoms with van der Waals surface area (Å²) < 4.78 is 54.6. The summed E-state index contributed by atoms with van der Waals surface area (Å²) in [5.74, 6) is 4.22. The number of alkyl halides is 1. The topological polar surface area (TPSA) is 262 Å². The summed E-state index contributed by atoms with van der Waals surface area (Å²) in [6.45, 7) is 1.98. The monoisotopic (exact) mass is 623 g/mol. The van der Waals surface area contributed by atoms with E-state index in [4.69, 9.17) is 48.6 Å². The number of H-pyrrole nitrogens is 1. The van der Waals surface area contributed by atoms with Crippen LogP contribution in [0.2, 0.25) is 0 Å². The predicted octanol–water partition coefficient (Wildman–Crippen LogP) is 1.31. The highest BCUT2D eigenvalue weighted by Gasteiger charge is 2.58. The van der Waals surface area contributed by atoms with Crippen molar-refractivity contribution in [3.8, 4) is 11.8 Å². The molecule has 0 spiro atoms. The molecule has 7 atom stereocenters. The van der Waals surface area contributed by atoms with E-state index in [2.05, 4.69) is 35.4 Å². The highest BCUT2D eigenvalue weighted by Crippen LogP contribution is 2.67. The summed E-state index contributed by atoms with van der Waals surface area (Å²) in [6.07, 6.45) is -2.78. The third kappa shape index (κ3) is 6.67. The molecule has 1 aliphatic heterocycles. The van der Waals surface area contributed by atoms with Gasteiger partial charge < -0.3 is 40.1 Å². The molecule has 0 radical (unpaired) electrons. The van der Waals surface area contributed by atoms with Crippen LogP contribution in [0.4, 0.5) is 5.95 Å².